The summed E-state index contributed by atoms with van der Waals surface area (Å²) in [5, 5.41) is 17.7. The number of alkyl halides is 2. The monoisotopic (exact) mass is 432 g/mol. The number of rotatable bonds is 7. The fourth-order valence-corrected chi connectivity index (χ4v) is 3.68. The fourth-order valence-electron chi connectivity index (χ4n) is 2.77. The number of nitro benzene ring substituents is 1. The average Bonchev–Trinajstić information content (AvgIpc) is 3.03. The number of anilines is 1. The first-order valence-corrected chi connectivity index (χ1v) is 9.69. The van der Waals surface area contributed by atoms with Gasteiger partial charge in [0.15, 0.2) is 0 Å². The molecule has 0 saturated carbocycles. The second-order valence-electron chi connectivity index (χ2n) is 6.60. The van der Waals surface area contributed by atoms with Crippen molar-refractivity contribution in [2.24, 2.45) is 0 Å². The zero-order valence-electron chi connectivity index (χ0n) is 16.1. The molecule has 0 aliphatic heterocycles. The molecule has 0 fully saturated rings. The number of aryl methyl sites for hydroxylation is 2. The number of halogens is 2. The molecular weight excluding hydrogens is 414 g/mol. The minimum absolute atomic E-state index is 0.189. The molecule has 3 aromatic rings. The van der Waals surface area contributed by atoms with Gasteiger partial charge in [-0.1, -0.05) is 29.5 Å². The van der Waals surface area contributed by atoms with E-state index in [1.165, 1.54) is 30.0 Å². The topological polar surface area (TPSA) is 90.1 Å². The lowest BCUT2D eigenvalue weighted by Gasteiger charge is -2.10. The predicted octanol–water partition coefficient (Wildman–Crippen LogP) is 5.14. The number of amides is 1. The highest BCUT2D eigenvalue weighted by molar-refractivity contribution is 7.99. The Morgan fingerprint density at radius 2 is 1.87 bits per heavy atom. The minimum atomic E-state index is -2.77. The van der Waals surface area contributed by atoms with Crippen LogP contribution in [0, 0.1) is 24.0 Å². The van der Waals surface area contributed by atoms with E-state index in [0.717, 1.165) is 15.1 Å². The normalized spacial score (nSPS) is 11.0. The number of hydrogen-bond acceptors (Lipinski definition) is 5. The number of carbonyl (C=O) groups is 1. The highest BCUT2D eigenvalue weighted by Crippen LogP contribution is 2.33. The molecule has 1 N–H and O–H groups in total. The summed E-state index contributed by atoms with van der Waals surface area (Å²) >= 11 is 1.31. The maximum absolute atomic E-state index is 13.1. The third-order valence-electron chi connectivity index (χ3n) is 4.09. The molecule has 0 atom stereocenters. The van der Waals surface area contributed by atoms with Crippen molar-refractivity contribution in [2.45, 2.75) is 36.6 Å². The highest BCUT2D eigenvalue weighted by Gasteiger charge is 2.18. The van der Waals surface area contributed by atoms with Gasteiger partial charge in [-0.15, -0.1) is 0 Å². The summed E-state index contributed by atoms with van der Waals surface area (Å²) in [4.78, 5) is 24.5. The first kappa shape index (κ1) is 21.4. The van der Waals surface area contributed by atoms with Crippen LogP contribution in [0.1, 0.15) is 23.4 Å². The van der Waals surface area contributed by atoms with Crippen molar-refractivity contribution in [2.75, 3.05) is 5.32 Å². The van der Waals surface area contributed by atoms with Crippen LogP contribution >= 0.6 is 11.8 Å². The molecule has 10 heteroatoms. The summed E-state index contributed by atoms with van der Waals surface area (Å²) in [7, 11) is 0. The molecule has 30 heavy (non-hydrogen) atoms. The molecule has 156 valence electrons. The molecule has 1 aromatic heterocycles. The number of hydrogen-bond donors (Lipinski definition) is 1. The molecule has 1 amide bonds. The van der Waals surface area contributed by atoms with Crippen molar-refractivity contribution in [1.82, 2.24) is 9.78 Å². The summed E-state index contributed by atoms with van der Waals surface area (Å²) in [6, 6.07) is 13.1. The van der Waals surface area contributed by atoms with Crippen molar-refractivity contribution in [1.29, 1.82) is 0 Å². The van der Waals surface area contributed by atoms with Crippen LogP contribution in [0.2, 0.25) is 0 Å². The lowest BCUT2D eigenvalue weighted by molar-refractivity contribution is -0.385. The Bertz CT molecular complexity index is 1080. The van der Waals surface area contributed by atoms with E-state index in [1.807, 2.05) is 31.2 Å². The third kappa shape index (κ3) is 5.41. The number of aromatic nitrogens is 2. The first-order chi connectivity index (χ1) is 14.2. The van der Waals surface area contributed by atoms with Crippen LogP contribution in [0.25, 0.3) is 0 Å². The van der Waals surface area contributed by atoms with Gasteiger partial charge in [-0.25, -0.2) is 8.78 Å². The Morgan fingerprint density at radius 3 is 2.50 bits per heavy atom. The number of nitrogens with zero attached hydrogens (tertiary/aromatic N) is 3. The fraction of sp³-hybridized carbons (Fsp3) is 0.200. The number of benzene rings is 2. The van der Waals surface area contributed by atoms with Gasteiger partial charge in [0.1, 0.15) is 12.2 Å². The van der Waals surface area contributed by atoms with Crippen LogP contribution in [0.3, 0.4) is 0 Å². The van der Waals surface area contributed by atoms with Gasteiger partial charge < -0.3 is 5.32 Å². The van der Waals surface area contributed by atoms with Gasteiger partial charge >= 0.3 is 0 Å². The molecule has 1 heterocycles. The van der Waals surface area contributed by atoms with E-state index < -0.39 is 23.8 Å². The van der Waals surface area contributed by atoms with E-state index in [1.54, 1.807) is 13.0 Å². The molecule has 2 aromatic carbocycles. The van der Waals surface area contributed by atoms with Gasteiger partial charge in [0.25, 0.3) is 12.1 Å². The molecular formula is C20H18F2N4O3S. The van der Waals surface area contributed by atoms with Gasteiger partial charge in [0.2, 0.25) is 5.91 Å². The molecule has 0 aliphatic carbocycles. The Hall–Kier alpha value is -3.27. The average molecular weight is 432 g/mol. The summed E-state index contributed by atoms with van der Waals surface area (Å²) in [5.74, 6) is -0.619. The standard InChI is InChI=1S/C20H18F2N4O3S/c1-12-3-5-16(6-4-12)30-17-9-14(8-15(10-17)26(28)29)23-19(27)11-25-18(20(21)22)7-13(2)24-25/h3-10,20H,11H2,1-2H3,(H,23,27). The van der Waals surface area contributed by atoms with Crippen LogP contribution in [0.15, 0.2) is 58.3 Å². The Balaban J connectivity index is 1.80. The van der Waals surface area contributed by atoms with Crippen molar-refractivity contribution < 1.29 is 18.5 Å². The van der Waals surface area contributed by atoms with Crippen LogP contribution in [-0.4, -0.2) is 20.6 Å². The van der Waals surface area contributed by atoms with Gasteiger partial charge in [-0.05, 0) is 38.1 Å². The Kier molecular flexibility index (Phi) is 6.46. The zero-order chi connectivity index (χ0) is 21.8. The number of nitro groups is 1. The quantitative estimate of drug-likeness (QED) is 0.413. The van der Waals surface area contributed by atoms with Gasteiger partial charge in [-0.3, -0.25) is 19.6 Å². The molecule has 0 aliphatic rings. The lowest BCUT2D eigenvalue weighted by atomic mass is 10.2. The van der Waals surface area contributed by atoms with E-state index in [2.05, 4.69) is 10.4 Å². The highest BCUT2D eigenvalue weighted by atomic mass is 32.2. The number of nitrogens with one attached hydrogen (secondary N) is 1. The summed E-state index contributed by atoms with van der Waals surface area (Å²) in [6.07, 6.45) is -2.77. The van der Waals surface area contributed by atoms with Crippen LogP contribution in [-0.2, 0) is 11.3 Å². The van der Waals surface area contributed by atoms with Crippen molar-refractivity contribution >= 4 is 29.0 Å². The molecule has 0 bridgehead atoms. The molecule has 0 spiro atoms. The SMILES string of the molecule is Cc1ccc(Sc2cc(NC(=O)Cn3nc(C)cc3C(F)F)cc([N+](=O)[O-])c2)cc1. The van der Waals surface area contributed by atoms with E-state index in [0.29, 0.717) is 10.6 Å². The van der Waals surface area contributed by atoms with Crippen molar-refractivity contribution in [3.63, 3.8) is 0 Å². The predicted molar refractivity (Wildman–Crippen MR) is 109 cm³/mol. The second kappa shape index (κ2) is 9.04. The van der Waals surface area contributed by atoms with Crippen molar-refractivity contribution in [3.05, 3.63) is 75.6 Å². The third-order valence-corrected chi connectivity index (χ3v) is 5.07. The van der Waals surface area contributed by atoms with Gasteiger partial charge in [0, 0.05) is 27.6 Å². The minimum Gasteiger partial charge on any atom is -0.324 e. The van der Waals surface area contributed by atoms with Crippen LogP contribution < -0.4 is 5.32 Å². The second-order valence-corrected chi connectivity index (χ2v) is 7.75. The van der Waals surface area contributed by atoms with Crippen LogP contribution in [0.5, 0.6) is 0 Å². The number of carbonyl (C=O) groups excluding carboxylic acids is 1. The maximum Gasteiger partial charge on any atom is 0.280 e. The van der Waals surface area contributed by atoms with Gasteiger partial charge in [0.05, 0.1) is 10.6 Å². The first-order valence-electron chi connectivity index (χ1n) is 8.87. The van der Waals surface area contributed by atoms with Gasteiger partial charge in [-0.2, -0.15) is 5.10 Å². The molecule has 0 saturated heterocycles. The summed E-state index contributed by atoms with van der Waals surface area (Å²) in [5.41, 5.74) is 1.10. The molecule has 0 unspecified atom stereocenters. The smallest absolute Gasteiger partial charge is 0.280 e. The van der Waals surface area contributed by atoms with Crippen LogP contribution in [0.4, 0.5) is 20.2 Å². The Labute approximate surface area is 175 Å². The van der Waals surface area contributed by atoms with Crippen molar-refractivity contribution in [3.8, 4) is 0 Å². The largest absolute Gasteiger partial charge is 0.324 e. The Morgan fingerprint density at radius 1 is 1.17 bits per heavy atom. The lowest BCUT2D eigenvalue weighted by Crippen LogP contribution is -2.21. The van der Waals surface area contributed by atoms with E-state index >= 15 is 0 Å². The zero-order valence-corrected chi connectivity index (χ0v) is 17.0. The number of non-ortho nitro benzene ring substituents is 1. The summed E-state index contributed by atoms with van der Waals surface area (Å²) < 4.78 is 27.1. The molecule has 7 nitrogen and oxygen atoms in total. The summed E-state index contributed by atoms with van der Waals surface area (Å²) in [6.45, 7) is 3.07. The maximum atomic E-state index is 13.1. The van der Waals surface area contributed by atoms with E-state index in [9.17, 15) is 23.7 Å². The molecule has 3 rings (SSSR count). The molecule has 0 radical (unpaired) electrons. The van der Waals surface area contributed by atoms with E-state index in [4.69, 9.17) is 0 Å². The van der Waals surface area contributed by atoms with E-state index in [-0.39, 0.29) is 17.1 Å².